The summed E-state index contributed by atoms with van der Waals surface area (Å²) in [5, 5.41) is 9.54. The molecule has 0 saturated carbocycles. The van der Waals surface area contributed by atoms with Crippen molar-refractivity contribution >= 4 is 0 Å². The highest BCUT2D eigenvalue weighted by Crippen LogP contribution is 2.34. The lowest BCUT2D eigenvalue weighted by atomic mass is 10.1. The third kappa shape index (κ3) is 2.93. The van der Waals surface area contributed by atoms with Crippen LogP contribution < -0.4 is 0 Å². The summed E-state index contributed by atoms with van der Waals surface area (Å²) in [5.41, 5.74) is 0. The van der Waals surface area contributed by atoms with Gasteiger partial charge in [0.25, 0.3) is 0 Å². The Balaban J connectivity index is 1.92. The molecule has 2 aliphatic heterocycles. The van der Waals surface area contributed by atoms with Crippen molar-refractivity contribution in [3.63, 3.8) is 0 Å². The lowest BCUT2D eigenvalue weighted by Gasteiger charge is -2.36. The highest BCUT2D eigenvalue weighted by atomic mass is 16.8. The smallest absolute Gasteiger partial charge is 0.164 e. The van der Waals surface area contributed by atoms with E-state index < -0.39 is 17.9 Å². The molecular weight excluding hydrogens is 212 g/mol. The molecule has 0 radical (unpaired) electrons. The van der Waals surface area contributed by atoms with Gasteiger partial charge in [-0.15, -0.1) is 0 Å². The van der Waals surface area contributed by atoms with Gasteiger partial charge in [-0.1, -0.05) is 0 Å². The van der Waals surface area contributed by atoms with E-state index in [1.165, 1.54) is 0 Å². The molecule has 2 fully saturated rings. The number of rotatable bonds is 2. The van der Waals surface area contributed by atoms with Gasteiger partial charge in [0.05, 0.1) is 12.7 Å². The summed E-state index contributed by atoms with van der Waals surface area (Å²) in [5.74, 6) is -1.75. The van der Waals surface area contributed by atoms with Gasteiger partial charge >= 0.3 is 0 Å². The molecule has 1 N–H and O–H groups in total. The van der Waals surface area contributed by atoms with Gasteiger partial charge in [-0.2, -0.15) is 0 Å². The number of ether oxygens (including phenoxy) is 4. The van der Waals surface area contributed by atoms with Crippen molar-refractivity contribution in [3.05, 3.63) is 0 Å². The average molecular weight is 232 g/mol. The van der Waals surface area contributed by atoms with Gasteiger partial charge < -0.3 is 24.1 Å². The van der Waals surface area contributed by atoms with Crippen LogP contribution in [-0.2, 0) is 18.9 Å². The second-order valence-electron chi connectivity index (χ2n) is 5.27. The number of hydrogen-bond acceptors (Lipinski definition) is 5. The van der Waals surface area contributed by atoms with Gasteiger partial charge in [-0.25, -0.2) is 0 Å². The van der Waals surface area contributed by atoms with E-state index in [-0.39, 0.29) is 12.2 Å². The monoisotopic (exact) mass is 232 g/mol. The molecule has 0 amide bonds. The number of aliphatic hydroxyl groups is 1. The maximum Gasteiger partial charge on any atom is 0.164 e. The Hall–Kier alpha value is -0.200. The Bertz CT molecular complexity index is 258. The van der Waals surface area contributed by atoms with Gasteiger partial charge in [0.15, 0.2) is 17.9 Å². The van der Waals surface area contributed by atoms with Crippen molar-refractivity contribution in [2.24, 2.45) is 0 Å². The molecule has 2 saturated heterocycles. The molecule has 0 spiro atoms. The summed E-state index contributed by atoms with van der Waals surface area (Å²) in [4.78, 5) is 0. The normalized spacial score (nSPS) is 38.4. The topological polar surface area (TPSA) is 57.2 Å². The Labute approximate surface area is 95.6 Å². The molecule has 5 heteroatoms. The molecule has 0 aromatic heterocycles. The molecule has 3 atom stereocenters. The molecule has 0 aliphatic carbocycles. The van der Waals surface area contributed by atoms with Crippen LogP contribution in [0.15, 0.2) is 0 Å². The van der Waals surface area contributed by atoms with Crippen LogP contribution in [0.5, 0.6) is 0 Å². The van der Waals surface area contributed by atoms with Crippen molar-refractivity contribution in [3.8, 4) is 0 Å². The van der Waals surface area contributed by atoms with E-state index in [1.807, 2.05) is 13.8 Å². The molecule has 0 aromatic carbocycles. The second-order valence-corrected chi connectivity index (χ2v) is 5.27. The van der Waals surface area contributed by atoms with Crippen LogP contribution in [0.4, 0.5) is 0 Å². The van der Waals surface area contributed by atoms with Crippen LogP contribution in [0.3, 0.4) is 0 Å². The predicted octanol–water partition coefficient (Wildman–Crippen LogP) is 0.998. The molecule has 2 rings (SSSR count). The fourth-order valence-corrected chi connectivity index (χ4v) is 2.03. The minimum absolute atomic E-state index is 0.0175. The van der Waals surface area contributed by atoms with Crippen molar-refractivity contribution in [2.75, 3.05) is 6.61 Å². The summed E-state index contributed by atoms with van der Waals surface area (Å²) in [6, 6.07) is 0. The standard InChI is InChI=1S/C11H20O5/c1-10(2,12)16-9-5-7-8(14-9)6-13-11(3,4)15-7/h7-9,12H,5-6H2,1-4H3/t7-,8-,9?/m1/s1. The SMILES string of the molecule is CC(C)(O)OC1C[C@H]2OC(C)(C)OC[C@H]2O1. The van der Waals surface area contributed by atoms with Crippen LogP contribution in [0.2, 0.25) is 0 Å². The zero-order chi connectivity index (χ0) is 12.0. The number of fused-ring (bicyclic) bond motifs is 1. The summed E-state index contributed by atoms with van der Waals surface area (Å²) in [7, 11) is 0. The fraction of sp³-hybridized carbons (Fsp3) is 1.00. The van der Waals surface area contributed by atoms with Crippen LogP contribution in [-0.4, -0.2) is 41.8 Å². The third-order valence-electron chi connectivity index (χ3n) is 2.62. The first-order valence-corrected chi connectivity index (χ1v) is 5.63. The molecule has 16 heavy (non-hydrogen) atoms. The zero-order valence-electron chi connectivity index (χ0n) is 10.2. The van der Waals surface area contributed by atoms with E-state index in [2.05, 4.69) is 0 Å². The molecule has 2 heterocycles. The lowest BCUT2D eigenvalue weighted by Crippen LogP contribution is -2.46. The predicted molar refractivity (Wildman–Crippen MR) is 55.6 cm³/mol. The molecular formula is C11H20O5. The van der Waals surface area contributed by atoms with E-state index in [0.29, 0.717) is 13.0 Å². The minimum atomic E-state index is -1.19. The molecule has 0 bridgehead atoms. The van der Waals surface area contributed by atoms with Gasteiger partial charge in [0, 0.05) is 6.42 Å². The average Bonchev–Trinajstić information content (AvgIpc) is 2.40. The highest BCUT2D eigenvalue weighted by molar-refractivity contribution is 4.85. The Morgan fingerprint density at radius 1 is 1.31 bits per heavy atom. The Kier molecular flexibility index (Phi) is 3.01. The van der Waals surface area contributed by atoms with Crippen molar-refractivity contribution in [1.29, 1.82) is 0 Å². The Morgan fingerprint density at radius 3 is 2.62 bits per heavy atom. The minimum Gasteiger partial charge on any atom is -0.366 e. The summed E-state index contributed by atoms with van der Waals surface area (Å²) < 4.78 is 22.2. The first-order valence-electron chi connectivity index (χ1n) is 5.63. The van der Waals surface area contributed by atoms with E-state index >= 15 is 0 Å². The molecule has 0 aromatic rings. The fourth-order valence-electron chi connectivity index (χ4n) is 2.03. The summed E-state index contributed by atoms with van der Waals surface area (Å²) in [6.07, 6.45) is 0.0884. The van der Waals surface area contributed by atoms with E-state index in [0.717, 1.165) is 0 Å². The third-order valence-corrected chi connectivity index (χ3v) is 2.62. The quantitative estimate of drug-likeness (QED) is 0.720. The first-order chi connectivity index (χ1) is 7.25. The molecule has 5 nitrogen and oxygen atoms in total. The maximum absolute atomic E-state index is 9.54. The molecule has 1 unspecified atom stereocenters. The van der Waals surface area contributed by atoms with Gasteiger partial charge in [0.1, 0.15) is 6.10 Å². The van der Waals surface area contributed by atoms with Crippen LogP contribution in [0.25, 0.3) is 0 Å². The van der Waals surface area contributed by atoms with Crippen LogP contribution in [0, 0.1) is 0 Å². The molecule has 94 valence electrons. The van der Waals surface area contributed by atoms with E-state index in [9.17, 15) is 5.11 Å². The maximum atomic E-state index is 9.54. The van der Waals surface area contributed by atoms with E-state index in [1.54, 1.807) is 13.8 Å². The Morgan fingerprint density at radius 2 is 2.00 bits per heavy atom. The van der Waals surface area contributed by atoms with E-state index in [4.69, 9.17) is 18.9 Å². The number of hydrogen-bond donors (Lipinski definition) is 1. The lowest BCUT2D eigenvalue weighted by molar-refractivity contribution is -0.304. The highest BCUT2D eigenvalue weighted by Gasteiger charge is 2.45. The zero-order valence-corrected chi connectivity index (χ0v) is 10.2. The van der Waals surface area contributed by atoms with Crippen molar-refractivity contribution < 1.29 is 24.1 Å². The second kappa shape index (κ2) is 3.92. The largest absolute Gasteiger partial charge is 0.366 e. The van der Waals surface area contributed by atoms with Crippen LogP contribution in [0.1, 0.15) is 34.1 Å². The molecule has 2 aliphatic rings. The van der Waals surface area contributed by atoms with Crippen LogP contribution >= 0.6 is 0 Å². The first kappa shape index (κ1) is 12.3. The van der Waals surface area contributed by atoms with Gasteiger partial charge in [-0.05, 0) is 27.7 Å². The van der Waals surface area contributed by atoms with Crippen molar-refractivity contribution in [1.82, 2.24) is 0 Å². The summed E-state index contributed by atoms with van der Waals surface area (Å²) >= 11 is 0. The van der Waals surface area contributed by atoms with Gasteiger partial charge in [-0.3, -0.25) is 0 Å². The van der Waals surface area contributed by atoms with Crippen molar-refractivity contribution in [2.45, 2.75) is 64.2 Å². The summed E-state index contributed by atoms with van der Waals surface area (Å²) in [6.45, 7) is 7.43. The van der Waals surface area contributed by atoms with Gasteiger partial charge in [0.2, 0.25) is 0 Å².